The zero-order valence-corrected chi connectivity index (χ0v) is 15.3. The molecule has 1 aromatic rings. The van der Waals surface area contributed by atoms with E-state index in [0.29, 0.717) is 13.2 Å². The number of aliphatic hydroxyl groups is 1. The Kier molecular flexibility index (Phi) is 13.2. The minimum Gasteiger partial charge on any atom is -0.393 e. The molecule has 0 aliphatic heterocycles. The van der Waals surface area contributed by atoms with Crippen LogP contribution in [0.2, 0.25) is 0 Å². The molecule has 1 atom stereocenters. The highest BCUT2D eigenvalue weighted by Gasteiger charge is 2.03. The third-order valence-corrected chi connectivity index (χ3v) is 4.08. The van der Waals surface area contributed by atoms with E-state index < -0.39 is 0 Å². The number of aliphatic hydroxyl groups excluding tert-OH is 1. The molecule has 1 aromatic carbocycles. The lowest BCUT2D eigenvalue weighted by Crippen LogP contribution is -2.10. The molecule has 1 rings (SSSR count). The highest BCUT2D eigenvalue weighted by Crippen LogP contribution is 2.08. The van der Waals surface area contributed by atoms with Gasteiger partial charge in [-0.2, -0.15) is 0 Å². The Bertz CT molecular complexity index is 444. The van der Waals surface area contributed by atoms with Crippen LogP contribution in [0.25, 0.3) is 0 Å². The van der Waals surface area contributed by atoms with Gasteiger partial charge in [-0.05, 0) is 37.7 Å². The van der Waals surface area contributed by atoms with E-state index in [4.69, 9.17) is 4.74 Å². The third-order valence-electron chi connectivity index (χ3n) is 4.08. The summed E-state index contributed by atoms with van der Waals surface area (Å²) in [6.45, 7) is 3.48. The van der Waals surface area contributed by atoms with Gasteiger partial charge in [0.05, 0.1) is 12.7 Å². The zero-order chi connectivity index (χ0) is 17.3. The van der Waals surface area contributed by atoms with Crippen LogP contribution in [-0.4, -0.2) is 17.8 Å². The summed E-state index contributed by atoms with van der Waals surface area (Å²) in [5, 5.41) is 9.95. The summed E-state index contributed by atoms with van der Waals surface area (Å²) in [5.74, 6) is 6.51. The fraction of sp³-hybridized carbons (Fsp3) is 0.636. The Morgan fingerprint density at radius 2 is 1.62 bits per heavy atom. The average molecular weight is 331 g/mol. The van der Waals surface area contributed by atoms with Gasteiger partial charge in [0.1, 0.15) is 0 Å². The predicted molar refractivity (Wildman–Crippen MR) is 102 cm³/mol. The second kappa shape index (κ2) is 15.2. The molecule has 0 spiro atoms. The van der Waals surface area contributed by atoms with Crippen LogP contribution >= 0.6 is 0 Å². The Labute approximate surface area is 148 Å². The fourth-order valence-corrected chi connectivity index (χ4v) is 2.54. The molecule has 134 valence electrons. The van der Waals surface area contributed by atoms with E-state index in [2.05, 4.69) is 30.9 Å². The smallest absolute Gasteiger partial charge is 0.0716 e. The first-order valence-electron chi connectivity index (χ1n) is 9.58. The molecule has 0 radical (unpaired) electrons. The number of hydrogen-bond acceptors (Lipinski definition) is 2. The summed E-state index contributed by atoms with van der Waals surface area (Å²) >= 11 is 0. The molecule has 0 bridgehead atoms. The predicted octanol–water partition coefficient (Wildman–Crippen LogP) is 5.49. The maximum Gasteiger partial charge on any atom is 0.0716 e. The number of benzene rings is 1. The normalized spacial score (nSPS) is 11.8. The topological polar surface area (TPSA) is 29.5 Å². The van der Waals surface area contributed by atoms with E-state index in [9.17, 15) is 5.11 Å². The number of unbranched alkanes of at least 4 members (excludes halogenated alkanes) is 6. The highest BCUT2D eigenvalue weighted by molar-refractivity contribution is 5.13. The summed E-state index contributed by atoms with van der Waals surface area (Å²) in [6.07, 6.45) is 10.6. The minimum atomic E-state index is -0.247. The highest BCUT2D eigenvalue weighted by atomic mass is 16.5. The van der Waals surface area contributed by atoms with Crippen molar-refractivity contribution in [2.24, 2.45) is 0 Å². The standard InChI is InChI=1S/C22H34O2/c1-2-3-4-5-6-7-8-9-10-14-17-22(23)18-19-24-20-21-15-12-11-13-16-21/h11-13,15-16,22-23H,2-6,9-10,14,17-20H2,1H3/t22-/m1/s1. The molecule has 2 nitrogen and oxygen atoms in total. The van der Waals surface area contributed by atoms with Gasteiger partial charge in [0.2, 0.25) is 0 Å². The summed E-state index contributed by atoms with van der Waals surface area (Å²) in [6, 6.07) is 10.1. The van der Waals surface area contributed by atoms with Gasteiger partial charge in [0.25, 0.3) is 0 Å². The van der Waals surface area contributed by atoms with Crippen molar-refractivity contribution < 1.29 is 9.84 Å². The Balaban J connectivity index is 1.89. The van der Waals surface area contributed by atoms with Crippen LogP contribution < -0.4 is 0 Å². The van der Waals surface area contributed by atoms with Crippen molar-refractivity contribution in [1.82, 2.24) is 0 Å². The third kappa shape index (κ3) is 12.2. The van der Waals surface area contributed by atoms with Gasteiger partial charge in [-0.1, -0.05) is 56.5 Å². The zero-order valence-electron chi connectivity index (χ0n) is 15.3. The van der Waals surface area contributed by atoms with E-state index in [1.807, 2.05) is 18.2 Å². The lowest BCUT2D eigenvalue weighted by Gasteiger charge is -2.10. The van der Waals surface area contributed by atoms with Crippen molar-refractivity contribution in [1.29, 1.82) is 0 Å². The van der Waals surface area contributed by atoms with E-state index in [1.54, 1.807) is 0 Å². The molecule has 2 heteroatoms. The van der Waals surface area contributed by atoms with Gasteiger partial charge in [0.15, 0.2) is 0 Å². The Hall–Kier alpha value is -1.30. The first-order valence-corrected chi connectivity index (χ1v) is 9.58. The number of hydrogen-bond donors (Lipinski definition) is 1. The van der Waals surface area contributed by atoms with Crippen molar-refractivity contribution >= 4 is 0 Å². The molecule has 0 aliphatic rings. The summed E-state index contributed by atoms with van der Waals surface area (Å²) in [5.41, 5.74) is 1.18. The van der Waals surface area contributed by atoms with Crippen molar-refractivity contribution in [3.63, 3.8) is 0 Å². The van der Waals surface area contributed by atoms with Crippen molar-refractivity contribution in [2.45, 2.75) is 83.8 Å². The molecule has 1 N–H and O–H groups in total. The van der Waals surface area contributed by atoms with Gasteiger partial charge in [-0.15, -0.1) is 11.8 Å². The van der Waals surface area contributed by atoms with E-state index in [0.717, 1.165) is 38.5 Å². The molecule has 0 unspecified atom stereocenters. The van der Waals surface area contributed by atoms with Gasteiger partial charge >= 0.3 is 0 Å². The molecule has 0 saturated carbocycles. The van der Waals surface area contributed by atoms with Gasteiger partial charge in [-0.25, -0.2) is 0 Å². The molecule has 24 heavy (non-hydrogen) atoms. The Morgan fingerprint density at radius 3 is 2.33 bits per heavy atom. The first-order chi connectivity index (χ1) is 11.8. The van der Waals surface area contributed by atoms with Crippen LogP contribution in [0.4, 0.5) is 0 Å². The molecular weight excluding hydrogens is 296 g/mol. The summed E-state index contributed by atoms with van der Waals surface area (Å²) in [4.78, 5) is 0. The summed E-state index contributed by atoms with van der Waals surface area (Å²) in [7, 11) is 0. The lowest BCUT2D eigenvalue weighted by molar-refractivity contribution is 0.0691. The molecule has 0 fully saturated rings. The first kappa shape index (κ1) is 20.7. The van der Waals surface area contributed by atoms with Gasteiger partial charge in [-0.3, -0.25) is 0 Å². The Morgan fingerprint density at radius 1 is 0.917 bits per heavy atom. The monoisotopic (exact) mass is 330 g/mol. The van der Waals surface area contributed by atoms with Crippen LogP contribution in [0.3, 0.4) is 0 Å². The average Bonchev–Trinajstić information content (AvgIpc) is 2.61. The molecule has 0 amide bonds. The number of rotatable bonds is 13. The van der Waals surface area contributed by atoms with Crippen molar-refractivity contribution in [2.75, 3.05) is 6.61 Å². The lowest BCUT2D eigenvalue weighted by atomic mass is 10.1. The van der Waals surface area contributed by atoms with E-state index in [-0.39, 0.29) is 6.10 Å². The second-order valence-corrected chi connectivity index (χ2v) is 6.39. The van der Waals surface area contributed by atoms with Gasteiger partial charge in [0, 0.05) is 19.4 Å². The molecule has 0 heterocycles. The quantitative estimate of drug-likeness (QED) is 0.383. The van der Waals surface area contributed by atoms with E-state index in [1.165, 1.54) is 31.2 Å². The maximum absolute atomic E-state index is 9.95. The van der Waals surface area contributed by atoms with Crippen molar-refractivity contribution in [3.8, 4) is 11.8 Å². The van der Waals surface area contributed by atoms with Crippen LogP contribution in [0.5, 0.6) is 0 Å². The van der Waals surface area contributed by atoms with Gasteiger partial charge < -0.3 is 9.84 Å². The fourth-order valence-electron chi connectivity index (χ4n) is 2.54. The van der Waals surface area contributed by atoms with Crippen LogP contribution in [0.15, 0.2) is 30.3 Å². The van der Waals surface area contributed by atoms with Crippen molar-refractivity contribution in [3.05, 3.63) is 35.9 Å². The molecule has 0 saturated heterocycles. The molecule has 0 aromatic heterocycles. The maximum atomic E-state index is 9.95. The van der Waals surface area contributed by atoms with Crippen LogP contribution in [0, 0.1) is 11.8 Å². The SMILES string of the molecule is CCCCCCC#CCCCC[C@@H](O)CCOCc1ccccc1. The molecule has 0 aliphatic carbocycles. The number of ether oxygens (including phenoxy) is 1. The minimum absolute atomic E-state index is 0.247. The largest absolute Gasteiger partial charge is 0.393 e. The molecular formula is C22H34O2. The summed E-state index contributed by atoms with van der Waals surface area (Å²) < 4.78 is 5.61. The van der Waals surface area contributed by atoms with Crippen LogP contribution in [0.1, 0.15) is 76.7 Å². The van der Waals surface area contributed by atoms with Crippen LogP contribution in [-0.2, 0) is 11.3 Å². The van der Waals surface area contributed by atoms with E-state index >= 15 is 0 Å². The second-order valence-electron chi connectivity index (χ2n) is 6.39.